The van der Waals surface area contributed by atoms with Crippen LogP contribution in [0.2, 0.25) is 0 Å². The Hall–Kier alpha value is -1.34. The van der Waals surface area contributed by atoms with Crippen LogP contribution in [0.4, 0.5) is 0 Å². The second-order valence-corrected chi connectivity index (χ2v) is 6.48. The van der Waals surface area contributed by atoms with E-state index in [9.17, 15) is 0 Å². The van der Waals surface area contributed by atoms with E-state index in [-0.39, 0.29) is 12.4 Å². The highest BCUT2D eigenvalue weighted by Gasteiger charge is 2.07. The Morgan fingerprint density at radius 1 is 0.708 bits per heavy atom. The van der Waals surface area contributed by atoms with Crippen LogP contribution >= 0.6 is 0 Å². The summed E-state index contributed by atoms with van der Waals surface area (Å²) in [4.78, 5) is 0. The van der Waals surface area contributed by atoms with Gasteiger partial charge in [0, 0.05) is 25.0 Å². The highest BCUT2D eigenvalue weighted by molar-refractivity contribution is 5.75. The molecule has 0 unspecified atom stereocenters. The normalized spacial score (nSPS) is 10.4. The van der Waals surface area contributed by atoms with Gasteiger partial charge in [0.1, 0.15) is 6.54 Å². The number of nitrogens with zero attached hydrogens (tertiary/aromatic N) is 1. The molecule has 0 amide bonds. The van der Waals surface area contributed by atoms with Gasteiger partial charge in [-0.3, -0.25) is 0 Å². The van der Waals surface area contributed by atoms with Crippen molar-refractivity contribution in [1.82, 2.24) is 0 Å². The molecule has 0 spiro atoms. The summed E-state index contributed by atoms with van der Waals surface area (Å²) < 4.78 is 2.43. The number of hydrogen-bond acceptors (Lipinski definition) is 0. The number of pyridine rings is 1. The van der Waals surface area contributed by atoms with E-state index in [1.54, 1.807) is 0 Å². The van der Waals surface area contributed by atoms with Crippen molar-refractivity contribution in [2.75, 3.05) is 0 Å². The van der Waals surface area contributed by atoms with Crippen LogP contribution in [-0.4, -0.2) is 0 Å². The predicted octanol–water partition coefficient (Wildman–Crippen LogP) is 2.96. The van der Waals surface area contributed by atoms with E-state index in [2.05, 4.69) is 67.1 Å². The van der Waals surface area contributed by atoms with Crippen LogP contribution in [-0.2, 0) is 13.0 Å². The molecule has 0 saturated heterocycles. The summed E-state index contributed by atoms with van der Waals surface area (Å²) >= 11 is 0. The first-order valence-corrected chi connectivity index (χ1v) is 9.43. The van der Waals surface area contributed by atoms with Crippen molar-refractivity contribution in [1.29, 1.82) is 0 Å². The molecule has 1 aromatic rings. The van der Waals surface area contributed by atoms with Gasteiger partial charge in [-0.15, -0.1) is 0 Å². The third-order valence-electron chi connectivity index (χ3n) is 4.51. The van der Waals surface area contributed by atoms with E-state index >= 15 is 0 Å². The van der Waals surface area contributed by atoms with Crippen LogP contribution in [0, 0.1) is 0 Å². The Labute approximate surface area is 154 Å². The molecule has 0 radical (unpaired) electrons. The summed E-state index contributed by atoms with van der Waals surface area (Å²) in [7, 11) is 0. The summed E-state index contributed by atoms with van der Waals surface area (Å²) in [6.45, 7) is 5.72. The van der Waals surface area contributed by atoms with Crippen LogP contribution in [0.5, 0.6) is 0 Å². The fourth-order valence-corrected chi connectivity index (χ4v) is 2.94. The molecule has 1 heterocycles. The Bertz CT molecular complexity index is 541. The lowest BCUT2D eigenvalue weighted by Gasteiger charge is -2.10. The number of rotatable bonds is 9. The van der Waals surface area contributed by atoms with Gasteiger partial charge in [-0.1, -0.05) is 69.9 Å². The number of fused-ring (bicyclic) bond motifs is 1. The van der Waals surface area contributed by atoms with Crippen LogP contribution in [0.3, 0.4) is 0 Å². The molecular formula is C22H32ClN. The van der Waals surface area contributed by atoms with Gasteiger partial charge in [0.25, 0.3) is 0 Å². The summed E-state index contributed by atoms with van der Waals surface area (Å²) in [6, 6.07) is 15.1. The molecule has 0 bridgehead atoms. The molecule has 0 atom stereocenters. The van der Waals surface area contributed by atoms with Gasteiger partial charge < -0.3 is 12.4 Å². The first kappa shape index (κ1) is 20.7. The molecule has 132 valence electrons. The molecule has 0 saturated carbocycles. The monoisotopic (exact) mass is 345 g/mol. The fraction of sp³-hybridized carbons (Fsp3) is 0.500. The molecular weight excluding hydrogens is 314 g/mol. The lowest BCUT2D eigenvalue weighted by Crippen LogP contribution is -3.00. The lowest BCUT2D eigenvalue weighted by atomic mass is 9.95. The minimum atomic E-state index is 0. The minimum absolute atomic E-state index is 0. The van der Waals surface area contributed by atoms with Gasteiger partial charge in [-0.25, -0.2) is 4.57 Å². The average Bonchev–Trinajstić information content (AvgIpc) is 2.56. The molecule has 3 rings (SSSR count). The van der Waals surface area contributed by atoms with Crippen molar-refractivity contribution < 1.29 is 17.0 Å². The Kier molecular flexibility index (Phi) is 10.4. The zero-order valence-electron chi connectivity index (χ0n) is 15.3. The molecule has 2 aliphatic carbocycles. The SMILES string of the molecule is CCCCCCCC[n+]1ccccc1CCC.[Cl-].c1cc2ccc1-2. The topological polar surface area (TPSA) is 3.88 Å². The number of aromatic nitrogens is 1. The summed E-state index contributed by atoms with van der Waals surface area (Å²) in [5, 5.41) is 0. The number of benzene rings is 1. The summed E-state index contributed by atoms with van der Waals surface area (Å²) in [6.07, 6.45) is 13.0. The maximum absolute atomic E-state index is 2.43. The maximum Gasteiger partial charge on any atom is 0.181 e. The smallest absolute Gasteiger partial charge is 0.181 e. The summed E-state index contributed by atoms with van der Waals surface area (Å²) in [5.74, 6) is 0. The number of aryl methyl sites for hydroxylation is 2. The Morgan fingerprint density at radius 2 is 1.33 bits per heavy atom. The Balaban J connectivity index is 0.000000338. The number of halogens is 1. The van der Waals surface area contributed by atoms with Crippen LogP contribution in [0.15, 0.2) is 48.7 Å². The first-order valence-electron chi connectivity index (χ1n) is 9.43. The zero-order valence-corrected chi connectivity index (χ0v) is 16.1. The van der Waals surface area contributed by atoms with Gasteiger partial charge >= 0.3 is 0 Å². The summed E-state index contributed by atoms with van der Waals surface area (Å²) in [5.41, 5.74) is 4.34. The molecule has 2 aliphatic rings. The lowest BCUT2D eigenvalue weighted by molar-refractivity contribution is -0.704. The van der Waals surface area contributed by atoms with Crippen molar-refractivity contribution in [3.8, 4) is 11.1 Å². The third kappa shape index (κ3) is 6.65. The molecule has 0 aromatic carbocycles. The first-order chi connectivity index (χ1) is 11.3. The van der Waals surface area contributed by atoms with Gasteiger partial charge in [-0.05, 0) is 24.0 Å². The van der Waals surface area contributed by atoms with Crippen LogP contribution in [0.25, 0.3) is 11.1 Å². The molecule has 0 fully saturated rings. The molecule has 2 heteroatoms. The van der Waals surface area contributed by atoms with E-state index in [0.29, 0.717) is 0 Å². The number of unbranched alkanes of at least 4 members (excludes halogenated alkanes) is 5. The molecule has 0 aliphatic heterocycles. The fourth-order valence-electron chi connectivity index (χ4n) is 2.94. The van der Waals surface area contributed by atoms with Gasteiger partial charge in [-0.2, -0.15) is 0 Å². The highest BCUT2D eigenvalue weighted by Crippen LogP contribution is 2.29. The second kappa shape index (κ2) is 12.1. The largest absolute Gasteiger partial charge is 1.00 e. The van der Waals surface area contributed by atoms with E-state index < -0.39 is 0 Å². The Morgan fingerprint density at radius 3 is 1.88 bits per heavy atom. The molecule has 24 heavy (non-hydrogen) atoms. The van der Waals surface area contributed by atoms with Crippen molar-refractivity contribution in [3.05, 3.63) is 54.4 Å². The van der Waals surface area contributed by atoms with E-state index in [0.717, 1.165) is 0 Å². The van der Waals surface area contributed by atoms with Crippen LogP contribution < -0.4 is 17.0 Å². The second-order valence-electron chi connectivity index (χ2n) is 6.48. The molecule has 0 N–H and O–H groups in total. The van der Waals surface area contributed by atoms with Gasteiger partial charge in [0.05, 0.1) is 0 Å². The van der Waals surface area contributed by atoms with E-state index in [4.69, 9.17) is 0 Å². The average molecular weight is 346 g/mol. The van der Waals surface area contributed by atoms with E-state index in [1.807, 2.05) is 0 Å². The number of hydrogen-bond donors (Lipinski definition) is 0. The van der Waals surface area contributed by atoms with E-state index in [1.165, 1.54) is 74.7 Å². The van der Waals surface area contributed by atoms with Crippen molar-refractivity contribution in [3.63, 3.8) is 0 Å². The minimum Gasteiger partial charge on any atom is -1.00 e. The highest BCUT2D eigenvalue weighted by atomic mass is 35.5. The third-order valence-corrected chi connectivity index (χ3v) is 4.51. The van der Waals surface area contributed by atoms with Gasteiger partial charge in [0.2, 0.25) is 0 Å². The standard InChI is InChI=1S/C16H28N.C6H4.ClH/c1-3-5-6-7-8-10-14-17-15-11-9-13-16(17)12-4-2;1-2-6-4-3-5(1)6;/h9,11,13,15H,3-8,10,12,14H2,1-2H3;1-4H;1H/q+1;;/p-1. The van der Waals surface area contributed by atoms with Crippen molar-refractivity contribution in [2.24, 2.45) is 0 Å². The molecule has 1 aromatic heterocycles. The quantitative estimate of drug-likeness (QED) is 0.414. The predicted molar refractivity (Wildman–Crippen MR) is 99.4 cm³/mol. The van der Waals surface area contributed by atoms with Gasteiger partial charge in [0.15, 0.2) is 11.9 Å². The molecule has 1 nitrogen and oxygen atoms in total. The zero-order chi connectivity index (χ0) is 16.3. The van der Waals surface area contributed by atoms with Crippen LogP contribution in [0.1, 0.15) is 64.5 Å². The van der Waals surface area contributed by atoms with Crippen molar-refractivity contribution >= 4 is 0 Å². The maximum atomic E-state index is 2.43. The van der Waals surface area contributed by atoms with Crippen molar-refractivity contribution in [2.45, 2.75) is 71.8 Å².